The molecule has 0 aromatic carbocycles. The van der Waals surface area contributed by atoms with E-state index in [-0.39, 0.29) is 5.41 Å². The molecular formula is C14H22BrN3S. The summed E-state index contributed by atoms with van der Waals surface area (Å²) in [7, 11) is 0. The van der Waals surface area contributed by atoms with E-state index in [1.54, 1.807) is 0 Å². The first kappa shape index (κ1) is 15.1. The number of aromatic nitrogens is 2. The third-order valence-corrected chi connectivity index (χ3v) is 4.73. The molecule has 1 aliphatic rings. The second kappa shape index (κ2) is 5.60. The molecule has 106 valence electrons. The maximum Gasteiger partial charge on any atom is 0.137 e. The molecule has 0 saturated carbocycles. The Labute approximate surface area is 128 Å². The van der Waals surface area contributed by atoms with Gasteiger partial charge in [-0.05, 0) is 15.9 Å². The van der Waals surface area contributed by atoms with E-state index in [1.165, 1.54) is 0 Å². The zero-order valence-corrected chi connectivity index (χ0v) is 14.7. The molecule has 1 aromatic rings. The fraction of sp³-hybridized carbons (Fsp3) is 0.714. The summed E-state index contributed by atoms with van der Waals surface area (Å²) in [5.74, 6) is 1.95. The van der Waals surface area contributed by atoms with Gasteiger partial charge < -0.3 is 4.90 Å². The fourth-order valence-corrected chi connectivity index (χ4v) is 3.97. The van der Waals surface area contributed by atoms with Gasteiger partial charge in [0, 0.05) is 35.1 Å². The van der Waals surface area contributed by atoms with Crippen molar-refractivity contribution >= 4 is 33.5 Å². The van der Waals surface area contributed by atoms with Gasteiger partial charge in [0.25, 0.3) is 0 Å². The molecule has 2 rings (SSSR count). The first-order valence-electron chi connectivity index (χ1n) is 6.71. The molecule has 19 heavy (non-hydrogen) atoms. The summed E-state index contributed by atoms with van der Waals surface area (Å²) in [6, 6.07) is 2.03. The molecule has 2 atom stereocenters. The minimum absolute atomic E-state index is 0.0275. The van der Waals surface area contributed by atoms with Crippen LogP contribution in [-0.2, 0) is 5.41 Å². The van der Waals surface area contributed by atoms with E-state index in [2.05, 4.69) is 72.2 Å². The number of rotatable bonds is 1. The standard InChI is InChI=1S/C14H22BrN3S/c1-9-7-18(8-10(2)19-9)12-6-11(15)16-13(17-12)14(3,4)5/h6,9-10H,7-8H2,1-5H3. The molecular weight excluding hydrogens is 322 g/mol. The lowest BCUT2D eigenvalue weighted by molar-refractivity contribution is 0.541. The van der Waals surface area contributed by atoms with Crippen molar-refractivity contribution in [2.24, 2.45) is 0 Å². The summed E-state index contributed by atoms with van der Waals surface area (Å²) in [5.41, 5.74) is -0.0275. The number of thioether (sulfide) groups is 1. The van der Waals surface area contributed by atoms with Crippen LogP contribution in [0, 0.1) is 0 Å². The SMILES string of the molecule is CC1CN(c2cc(Br)nc(C(C)(C)C)n2)CC(C)S1. The minimum atomic E-state index is -0.0275. The highest BCUT2D eigenvalue weighted by atomic mass is 79.9. The number of anilines is 1. The zero-order chi connectivity index (χ0) is 14.2. The lowest BCUT2D eigenvalue weighted by Crippen LogP contribution is -2.41. The average Bonchev–Trinajstić information content (AvgIpc) is 2.25. The molecule has 0 aliphatic carbocycles. The summed E-state index contributed by atoms with van der Waals surface area (Å²) in [6.45, 7) is 13.1. The smallest absolute Gasteiger partial charge is 0.137 e. The van der Waals surface area contributed by atoms with E-state index in [4.69, 9.17) is 4.98 Å². The van der Waals surface area contributed by atoms with Gasteiger partial charge in [-0.2, -0.15) is 11.8 Å². The van der Waals surface area contributed by atoms with Crippen LogP contribution in [-0.4, -0.2) is 33.6 Å². The molecule has 2 heterocycles. The molecule has 1 fully saturated rings. The molecule has 1 aliphatic heterocycles. The Bertz CT molecular complexity index is 448. The van der Waals surface area contributed by atoms with Crippen molar-refractivity contribution in [1.29, 1.82) is 0 Å². The Morgan fingerprint density at radius 1 is 1.21 bits per heavy atom. The van der Waals surface area contributed by atoms with Crippen LogP contribution in [0.1, 0.15) is 40.4 Å². The van der Waals surface area contributed by atoms with Gasteiger partial charge >= 0.3 is 0 Å². The second-order valence-corrected chi connectivity index (χ2v) is 8.98. The van der Waals surface area contributed by atoms with Crippen molar-refractivity contribution in [1.82, 2.24) is 9.97 Å². The molecule has 3 nitrogen and oxygen atoms in total. The van der Waals surface area contributed by atoms with Gasteiger partial charge in [-0.3, -0.25) is 0 Å². The average molecular weight is 344 g/mol. The highest BCUT2D eigenvalue weighted by molar-refractivity contribution is 9.10. The van der Waals surface area contributed by atoms with Gasteiger partial charge in [-0.25, -0.2) is 9.97 Å². The van der Waals surface area contributed by atoms with Crippen LogP contribution in [0.25, 0.3) is 0 Å². The van der Waals surface area contributed by atoms with Crippen LogP contribution in [0.3, 0.4) is 0 Å². The van der Waals surface area contributed by atoms with E-state index in [1.807, 2.05) is 6.07 Å². The van der Waals surface area contributed by atoms with Gasteiger partial charge in [-0.1, -0.05) is 34.6 Å². The molecule has 0 amide bonds. The first-order valence-corrected chi connectivity index (χ1v) is 8.45. The number of hydrogen-bond acceptors (Lipinski definition) is 4. The Kier molecular flexibility index (Phi) is 4.45. The molecule has 0 bridgehead atoms. The highest BCUT2D eigenvalue weighted by Gasteiger charge is 2.25. The Balaban J connectivity index is 2.31. The molecule has 1 aromatic heterocycles. The van der Waals surface area contributed by atoms with Crippen LogP contribution in [0.4, 0.5) is 5.82 Å². The summed E-state index contributed by atoms with van der Waals surface area (Å²) >= 11 is 5.58. The van der Waals surface area contributed by atoms with Gasteiger partial charge in [0.15, 0.2) is 0 Å². The van der Waals surface area contributed by atoms with Crippen molar-refractivity contribution in [3.8, 4) is 0 Å². The molecule has 0 radical (unpaired) electrons. The number of halogens is 1. The predicted molar refractivity (Wildman–Crippen MR) is 87.2 cm³/mol. The lowest BCUT2D eigenvalue weighted by atomic mass is 9.96. The summed E-state index contributed by atoms with van der Waals surface area (Å²) in [6.07, 6.45) is 0. The summed E-state index contributed by atoms with van der Waals surface area (Å²) in [4.78, 5) is 11.7. The van der Waals surface area contributed by atoms with Crippen LogP contribution in [0.5, 0.6) is 0 Å². The maximum atomic E-state index is 4.77. The summed E-state index contributed by atoms with van der Waals surface area (Å²) in [5, 5.41) is 1.30. The third kappa shape index (κ3) is 3.85. The van der Waals surface area contributed by atoms with E-state index in [0.29, 0.717) is 10.5 Å². The van der Waals surface area contributed by atoms with Crippen molar-refractivity contribution < 1.29 is 0 Å². The monoisotopic (exact) mass is 343 g/mol. The molecule has 2 unspecified atom stereocenters. The summed E-state index contributed by atoms with van der Waals surface area (Å²) < 4.78 is 0.876. The largest absolute Gasteiger partial charge is 0.354 e. The van der Waals surface area contributed by atoms with Gasteiger partial charge in [0.1, 0.15) is 16.2 Å². The number of hydrogen-bond donors (Lipinski definition) is 0. The van der Waals surface area contributed by atoms with E-state index in [0.717, 1.165) is 29.3 Å². The Morgan fingerprint density at radius 3 is 2.32 bits per heavy atom. The maximum absolute atomic E-state index is 4.77. The zero-order valence-electron chi connectivity index (χ0n) is 12.3. The quantitative estimate of drug-likeness (QED) is 0.724. The van der Waals surface area contributed by atoms with Crippen molar-refractivity contribution in [2.45, 2.75) is 50.5 Å². The second-order valence-electron chi connectivity index (χ2n) is 6.28. The van der Waals surface area contributed by atoms with Crippen LogP contribution in [0.2, 0.25) is 0 Å². The van der Waals surface area contributed by atoms with Crippen molar-refractivity contribution in [3.05, 3.63) is 16.5 Å². The molecule has 1 saturated heterocycles. The Hall–Kier alpha value is -0.290. The van der Waals surface area contributed by atoms with Gasteiger partial charge in [-0.15, -0.1) is 0 Å². The van der Waals surface area contributed by atoms with E-state index >= 15 is 0 Å². The molecule has 5 heteroatoms. The van der Waals surface area contributed by atoms with Crippen LogP contribution in [0.15, 0.2) is 10.7 Å². The number of nitrogens with zero attached hydrogens (tertiary/aromatic N) is 3. The van der Waals surface area contributed by atoms with Gasteiger partial charge in [0.2, 0.25) is 0 Å². The van der Waals surface area contributed by atoms with Gasteiger partial charge in [0.05, 0.1) is 0 Å². The van der Waals surface area contributed by atoms with Crippen LogP contribution >= 0.6 is 27.7 Å². The Morgan fingerprint density at radius 2 is 1.79 bits per heavy atom. The third-order valence-electron chi connectivity index (χ3n) is 3.10. The highest BCUT2D eigenvalue weighted by Crippen LogP contribution is 2.30. The van der Waals surface area contributed by atoms with Crippen molar-refractivity contribution in [2.75, 3.05) is 18.0 Å². The van der Waals surface area contributed by atoms with Crippen molar-refractivity contribution in [3.63, 3.8) is 0 Å². The predicted octanol–water partition coefficient (Wildman–Crippen LogP) is 3.87. The topological polar surface area (TPSA) is 29.0 Å². The fourth-order valence-electron chi connectivity index (χ4n) is 2.27. The normalized spacial score (nSPS) is 24.6. The molecule has 0 spiro atoms. The lowest BCUT2D eigenvalue weighted by Gasteiger charge is -2.35. The van der Waals surface area contributed by atoms with Crippen LogP contribution < -0.4 is 4.90 Å². The first-order chi connectivity index (χ1) is 8.75. The minimum Gasteiger partial charge on any atom is -0.354 e. The van der Waals surface area contributed by atoms with E-state index in [9.17, 15) is 0 Å². The van der Waals surface area contributed by atoms with E-state index < -0.39 is 0 Å². The molecule has 0 N–H and O–H groups in total.